The lowest BCUT2D eigenvalue weighted by atomic mass is 10.2. The van der Waals surface area contributed by atoms with Crippen LogP contribution in [-0.2, 0) is 0 Å². The zero-order valence-electron chi connectivity index (χ0n) is 15.3. The molecule has 26 heavy (non-hydrogen) atoms. The summed E-state index contributed by atoms with van der Waals surface area (Å²) in [6.07, 6.45) is 3.48. The molecule has 0 amide bonds. The van der Waals surface area contributed by atoms with Gasteiger partial charge in [-0.25, -0.2) is 9.67 Å². The lowest BCUT2D eigenvalue weighted by Gasteiger charge is -2.24. The Hall–Kier alpha value is -3.15. The average molecular weight is 347 g/mol. The molecule has 0 bridgehead atoms. The molecule has 0 radical (unpaired) electrons. The number of para-hydroxylation sites is 1. The number of hydrogen-bond acceptors (Lipinski definition) is 5. The van der Waals surface area contributed by atoms with Gasteiger partial charge in [-0.15, -0.1) is 0 Å². The molecule has 0 aliphatic rings. The molecule has 6 heteroatoms. The molecule has 0 saturated heterocycles. The highest BCUT2D eigenvalue weighted by atomic mass is 16.3. The second-order valence-electron chi connectivity index (χ2n) is 6.55. The average Bonchev–Trinajstić information content (AvgIpc) is 3.23. The molecule has 3 aromatic heterocycles. The molecule has 3 heterocycles. The third kappa shape index (κ3) is 2.83. The summed E-state index contributed by atoms with van der Waals surface area (Å²) in [6, 6.07) is 12.1. The van der Waals surface area contributed by atoms with E-state index in [2.05, 4.69) is 34.0 Å². The lowest BCUT2D eigenvalue weighted by Crippen LogP contribution is -2.23. The van der Waals surface area contributed by atoms with Gasteiger partial charge in [-0.3, -0.25) is 4.98 Å². The van der Waals surface area contributed by atoms with Gasteiger partial charge < -0.3 is 9.32 Å². The van der Waals surface area contributed by atoms with Gasteiger partial charge in [0.1, 0.15) is 17.2 Å². The first-order chi connectivity index (χ1) is 12.5. The molecule has 0 saturated carbocycles. The van der Waals surface area contributed by atoms with Crippen molar-refractivity contribution in [2.45, 2.75) is 26.8 Å². The van der Waals surface area contributed by atoms with Gasteiger partial charge in [-0.2, -0.15) is 5.10 Å². The summed E-state index contributed by atoms with van der Waals surface area (Å²) in [5, 5.41) is 5.59. The Labute approximate surface area is 152 Å². The normalized spacial score (nSPS) is 12.5. The van der Waals surface area contributed by atoms with Gasteiger partial charge in [0, 0.05) is 18.1 Å². The largest absolute Gasteiger partial charge is 0.459 e. The number of rotatable bonds is 4. The number of anilines is 1. The van der Waals surface area contributed by atoms with Gasteiger partial charge in [0.2, 0.25) is 0 Å². The van der Waals surface area contributed by atoms with E-state index in [1.807, 2.05) is 49.8 Å². The van der Waals surface area contributed by atoms with Crippen molar-refractivity contribution in [2.24, 2.45) is 0 Å². The van der Waals surface area contributed by atoms with Crippen LogP contribution in [0.2, 0.25) is 0 Å². The van der Waals surface area contributed by atoms with Crippen molar-refractivity contribution >= 4 is 16.8 Å². The minimum Gasteiger partial charge on any atom is -0.459 e. The van der Waals surface area contributed by atoms with E-state index in [1.54, 1.807) is 12.4 Å². The third-order valence-corrected chi connectivity index (χ3v) is 4.63. The number of aryl methyl sites for hydroxylation is 2. The van der Waals surface area contributed by atoms with Crippen molar-refractivity contribution < 1.29 is 4.42 Å². The zero-order chi connectivity index (χ0) is 18.3. The van der Waals surface area contributed by atoms with Crippen LogP contribution in [0.1, 0.15) is 30.1 Å². The molecule has 6 nitrogen and oxygen atoms in total. The fourth-order valence-corrected chi connectivity index (χ4v) is 3.08. The molecule has 132 valence electrons. The SMILES string of the molecule is Cc1cc(C)n(-c2cncc(N(C)C(C)c3cc4ccccc4o3)n2)n1. The third-order valence-electron chi connectivity index (χ3n) is 4.63. The van der Waals surface area contributed by atoms with Crippen LogP contribution >= 0.6 is 0 Å². The quantitative estimate of drug-likeness (QED) is 0.553. The summed E-state index contributed by atoms with van der Waals surface area (Å²) in [6.45, 7) is 6.07. The maximum absolute atomic E-state index is 6.00. The molecule has 1 unspecified atom stereocenters. The van der Waals surface area contributed by atoms with Gasteiger partial charge in [0.15, 0.2) is 5.82 Å². The predicted octanol–water partition coefficient (Wildman–Crippen LogP) is 4.22. The number of hydrogen-bond donors (Lipinski definition) is 0. The fourth-order valence-electron chi connectivity index (χ4n) is 3.08. The number of benzene rings is 1. The molecule has 0 aliphatic carbocycles. The summed E-state index contributed by atoms with van der Waals surface area (Å²) in [4.78, 5) is 11.2. The van der Waals surface area contributed by atoms with Crippen molar-refractivity contribution in [3.8, 4) is 5.82 Å². The number of fused-ring (bicyclic) bond motifs is 1. The Kier molecular flexibility index (Phi) is 3.95. The summed E-state index contributed by atoms with van der Waals surface area (Å²) >= 11 is 0. The highest BCUT2D eigenvalue weighted by Gasteiger charge is 2.19. The number of furan rings is 1. The summed E-state index contributed by atoms with van der Waals surface area (Å²) < 4.78 is 7.81. The van der Waals surface area contributed by atoms with E-state index >= 15 is 0 Å². The van der Waals surface area contributed by atoms with E-state index in [0.717, 1.165) is 33.9 Å². The first-order valence-corrected chi connectivity index (χ1v) is 8.60. The van der Waals surface area contributed by atoms with Crippen LogP contribution in [0.5, 0.6) is 0 Å². The minimum atomic E-state index is 0.0207. The van der Waals surface area contributed by atoms with Crippen molar-refractivity contribution in [1.82, 2.24) is 19.7 Å². The Balaban J connectivity index is 1.66. The van der Waals surface area contributed by atoms with Crippen LogP contribution in [-0.4, -0.2) is 26.8 Å². The first kappa shape index (κ1) is 16.3. The maximum atomic E-state index is 6.00. The van der Waals surface area contributed by atoms with E-state index in [9.17, 15) is 0 Å². The Morgan fingerprint density at radius 3 is 2.65 bits per heavy atom. The van der Waals surface area contributed by atoms with Gasteiger partial charge >= 0.3 is 0 Å². The van der Waals surface area contributed by atoms with Crippen LogP contribution in [0, 0.1) is 13.8 Å². The number of nitrogens with zero attached hydrogens (tertiary/aromatic N) is 5. The minimum absolute atomic E-state index is 0.0207. The van der Waals surface area contributed by atoms with Crippen molar-refractivity contribution in [3.63, 3.8) is 0 Å². The van der Waals surface area contributed by atoms with Gasteiger partial charge in [0.25, 0.3) is 0 Å². The molecule has 0 aliphatic heterocycles. The number of aromatic nitrogens is 4. The predicted molar refractivity (Wildman–Crippen MR) is 102 cm³/mol. The standard InChI is InChI=1S/C20H21N5O/c1-13-9-14(2)25(23-13)20-12-21-11-19(22-20)24(4)15(3)18-10-16-7-5-6-8-17(16)26-18/h5-12,15H,1-4H3. The molecule has 0 spiro atoms. The highest BCUT2D eigenvalue weighted by Crippen LogP contribution is 2.29. The van der Waals surface area contributed by atoms with E-state index in [-0.39, 0.29) is 6.04 Å². The van der Waals surface area contributed by atoms with Crippen molar-refractivity contribution in [1.29, 1.82) is 0 Å². The Morgan fingerprint density at radius 1 is 1.12 bits per heavy atom. The van der Waals surface area contributed by atoms with Gasteiger partial charge in [-0.05, 0) is 39.0 Å². The second-order valence-corrected chi connectivity index (χ2v) is 6.55. The Bertz CT molecular complexity index is 1030. The highest BCUT2D eigenvalue weighted by molar-refractivity contribution is 5.77. The van der Waals surface area contributed by atoms with Crippen LogP contribution in [0.25, 0.3) is 16.8 Å². The molecule has 4 rings (SSSR count). The summed E-state index contributed by atoms with van der Waals surface area (Å²) in [7, 11) is 1.99. The topological polar surface area (TPSA) is 60.0 Å². The summed E-state index contributed by atoms with van der Waals surface area (Å²) in [5.74, 6) is 2.37. The molecule has 4 aromatic rings. The van der Waals surface area contributed by atoms with E-state index in [4.69, 9.17) is 9.40 Å². The lowest BCUT2D eigenvalue weighted by molar-refractivity contribution is 0.500. The Morgan fingerprint density at radius 2 is 1.92 bits per heavy atom. The molecule has 1 atom stereocenters. The van der Waals surface area contributed by atoms with E-state index in [0.29, 0.717) is 5.82 Å². The second kappa shape index (κ2) is 6.29. The van der Waals surface area contributed by atoms with Gasteiger partial charge in [-0.1, -0.05) is 18.2 Å². The fraction of sp³-hybridized carbons (Fsp3) is 0.250. The zero-order valence-corrected chi connectivity index (χ0v) is 15.3. The first-order valence-electron chi connectivity index (χ1n) is 8.60. The van der Waals surface area contributed by atoms with Crippen LogP contribution in [0.3, 0.4) is 0 Å². The van der Waals surface area contributed by atoms with Crippen LogP contribution < -0.4 is 4.90 Å². The molecular weight excluding hydrogens is 326 g/mol. The van der Waals surface area contributed by atoms with Crippen molar-refractivity contribution in [3.05, 3.63) is 65.9 Å². The van der Waals surface area contributed by atoms with Gasteiger partial charge in [0.05, 0.1) is 24.1 Å². The molecular formula is C20H21N5O. The van der Waals surface area contributed by atoms with Crippen LogP contribution in [0.15, 0.2) is 53.2 Å². The monoisotopic (exact) mass is 347 g/mol. The summed E-state index contributed by atoms with van der Waals surface area (Å²) in [5.41, 5.74) is 2.88. The van der Waals surface area contributed by atoms with Crippen molar-refractivity contribution in [2.75, 3.05) is 11.9 Å². The van der Waals surface area contributed by atoms with E-state index in [1.165, 1.54) is 0 Å². The van der Waals surface area contributed by atoms with Crippen LogP contribution in [0.4, 0.5) is 5.82 Å². The van der Waals surface area contributed by atoms with E-state index < -0.39 is 0 Å². The molecule has 1 aromatic carbocycles. The maximum Gasteiger partial charge on any atom is 0.174 e. The smallest absolute Gasteiger partial charge is 0.174 e. The molecule has 0 N–H and O–H groups in total. The molecule has 0 fully saturated rings.